The van der Waals surface area contributed by atoms with Crippen LogP contribution >= 0.6 is 0 Å². The third kappa shape index (κ3) is 1.69. The van der Waals surface area contributed by atoms with Gasteiger partial charge in [0.1, 0.15) is 0 Å². The lowest BCUT2D eigenvalue weighted by molar-refractivity contribution is 0.395. The van der Waals surface area contributed by atoms with Gasteiger partial charge < -0.3 is 4.74 Å². The van der Waals surface area contributed by atoms with Gasteiger partial charge in [-0.1, -0.05) is 6.07 Å². The van der Waals surface area contributed by atoms with Crippen LogP contribution in [0.25, 0.3) is 0 Å². The number of rotatable bonds is 3. The first-order valence-corrected chi connectivity index (χ1v) is 4.75. The van der Waals surface area contributed by atoms with Crippen molar-refractivity contribution in [1.29, 1.82) is 5.26 Å². The minimum absolute atomic E-state index is 0.0508. The molecule has 3 heteroatoms. The van der Waals surface area contributed by atoms with Gasteiger partial charge in [-0.25, -0.2) is 4.98 Å². The van der Waals surface area contributed by atoms with Crippen LogP contribution in [0.4, 0.5) is 0 Å². The van der Waals surface area contributed by atoms with Gasteiger partial charge in [0, 0.05) is 6.07 Å². The van der Waals surface area contributed by atoms with Gasteiger partial charge in [0.25, 0.3) is 0 Å². The van der Waals surface area contributed by atoms with E-state index in [1.165, 1.54) is 0 Å². The van der Waals surface area contributed by atoms with Gasteiger partial charge in [0.05, 0.1) is 24.8 Å². The number of aromatic nitrogens is 1. The van der Waals surface area contributed by atoms with Gasteiger partial charge in [0.2, 0.25) is 5.88 Å². The Morgan fingerprint density at radius 1 is 1.57 bits per heavy atom. The zero-order valence-corrected chi connectivity index (χ0v) is 8.10. The summed E-state index contributed by atoms with van der Waals surface area (Å²) >= 11 is 0. The summed E-state index contributed by atoms with van der Waals surface area (Å²) in [6.45, 7) is 0. The Kier molecular flexibility index (Phi) is 2.36. The molecule has 0 amide bonds. The normalized spacial score (nSPS) is 17.1. The second-order valence-electron chi connectivity index (χ2n) is 3.55. The standard InChI is InChI=1S/C11H12N2O/c1-14-11-4-2-3-10(13-11)9(7-12)8-5-6-8/h2-4,8-9H,5-6H2,1H3. The van der Waals surface area contributed by atoms with E-state index in [2.05, 4.69) is 11.1 Å². The van der Waals surface area contributed by atoms with Gasteiger partial charge in [-0.3, -0.25) is 0 Å². The van der Waals surface area contributed by atoms with Gasteiger partial charge >= 0.3 is 0 Å². The van der Waals surface area contributed by atoms with Crippen molar-refractivity contribution in [2.75, 3.05) is 7.11 Å². The molecule has 0 radical (unpaired) electrons. The second kappa shape index (κ2) is 3.67. The number of methoxy groups -OCH3 is 1. The third-order valence-corrected chi connectivity index (χ3v) is 2.51. The molecule has 1 fully saturated rings. The molecule has 0 N–H and O–H groups in total. The highest BCUT2D eigenvalue weighted by Crippen LogP contribution is 2.41. The highest BCUT2D eigenvalue weighted by molar-refractivity contribution is 5.24. The maximum absolute atomic E-state index is 9.02. The van der Waals surface area contributed by atoms with Crippen LogP contribution in [-0.2, 0) is 0 Å². The van der Waals surface area contributed by atoms with E-state index < -0.39 is 0 Å². The number of ether oxygens (including phenoxy) is 1. The molecular formula is C11H12N2O. The van der Waals surface area contributed by atoms with Crippen molar-refractivity contribution >= 4 is 0 Å². The molecule has 1 aliphatic carbocycles. The lowest BCUT2D eigenvalue weighted by Gasteiger charge is -2.07. The van der Waals surface area contributed by atoms with E-state index in [4.69, 9.17) is 10.00 Å². The van der Waals surface area contributed by atoms with Crippen LogP contribution < -0.4 is 4.74 Å². The smallest absolute Gasteiger partial charge is 0.213 e. The molecule has 3 nitrogen and oxygen atoms in total. The molecule has 2 rings (SSSR count). The topological polar surface area (TPSA) is 45.9 Å². The van der Waals surface area contributed by atoms with E-state index in [1.54, 1.807) is 13.2 Å². The monoisotopic (exact) mass is 188 g/mol. The van der Waals surface area contributed by atoms with Gasteiger partial charge in [-0.15, -0.1) is 0 Å². The molecule has 1 saturated carbocycles. The number of nitriles is 1. The summed E-state index contributed by atoms with van der Waals surface area (Å²) in [7, 11) is 1.59. The van der Waals surface area contributed by atoms with E-state index in [-0.39, 0.29) is 5.92 Å². The fourth-order valence-electron chi connectivity index (χ4n) is 1.56. The maximum atomic E-state index is 9.02. The van der Waals surface area contributed by atoms with Crippen LogP contribution in [0.2, 0.25) is 0 Å². The van der Waals surface area contributed by atoms with E-state index in [1.807, 2.05) is 12.1 Å². The lowest BCUT2D eigenvalue weighted by atomic mass is 10.0. The quantitative estimate of drug-likeness (QED) is 0.729. The predicted octanol–water partition coefficient (Wildman–Crippen LogP) is 2.11. The van der Waals surface area contributed by atoms with Crippen molar-refractivity contribution in [1.82, 2.24) is 4.98 Å². The summed E-state index contributed by atoms with van der Waals surface area (Å²) in [5.74, 6) is 1.05. The van der Waals surface area contributed by atoms with Crippen LogP contribution in [0, 0.1) is 17.2 Å². The molecule has 72 valence electrons. The highest BCUT2D eigenvalue weighted by atomic mass is 16.5. The third-order valence-electron chi connectivity index (χ3n) is 2.51. The number of hydrogen-bond donors (Lipinski definition) is 0. The minimum Gasteiger partial charge on any atom is -0.481 e. The Balaban J connectivity index is 2.25. The fraction of sp³-hybridized carbons (Fsp3) is 0.455. The Bertz CT molecular complexity index is 366. The average molecular weight is 188 g/mol. The Morgan fingerprint density at radius 2 is 2.36 bits per heavy atom. The molecule has 1 aliphatic rings. The molecule has 0 aliphatic heterocycles. The summed E-state index contributed by atoms with van der Waals surface area (Å²) in [5.41, 5.74) is 0.842. The molecule has 0 aromatic carbocycles. The number of pyridine rings is 1. The van der Waals surface area contributed by atoms with E-state index >= 15 is 0 Å². The fourth-order valence-corrected chi connectivity index (χ4v) is 1.56. The largest absolute Gasteiger partial charge is 0.481 e. The number of nitrogens with zero attached hydrogens (tertiary/aromatic N) is 2. The van der Waals surface area contributed by atoms with Crippen molar-refractivity contribution < 1.29 is 4.74 Å². The summed E-state index contributed by atoms with van der Waals surface area (Å²) < 4.78 is 5.03. The van der Waals surface area contributed by atoms with Crippen LogP contribution in [-0.4, -0.2) is 12.1 Å². The summed E-state index contributed by atoms with van der Waals surface area (Å²) in [6.07, 6.45) is 2.30. The molecule has 14 heavy (non-hydrogen) atoms. The van der Waals surface area contributed by atoms with E-state index in [9.17, 15) is 0 Å². The molecule has 1 unspecified atom stereocenters. The van der Waals surface area contributed by atoms with Crippen LogP contribution in [0.1, 0.15) is 24.5 Å². The first kappa shape index (κ1) is 9.01. The molecule has 1 aromatic heterocycles. The average Bonchev–Trinajstić information content (AvgIpc) is 3.04. The minimum atomic E-state index is -0.0508. The van der Waals surface area contributed by atoms with E-state index in [0.717, 1.165) is 18.5 Å². The maximum Gasteiger partial charge on any atom is 0.213 e. The van der Waals surface area contributed by atoms with Crippen molar-refractivity contribution in [3.8, 4) is 11.9 Å². The van der Waals surface area contributed by atoms with Gasteiger partial charge in [0.15, 0.2) is 0 Å². The van der Waals surface area contributed by atoms with Crippen molar-refractivity contribution in [3.63, 3.8) is 0 Å². The summed E-state index contributed by atoms with van der Waals surface area (Å²) in [5, 5.41) is 9.02. The zero-order chi connectivity index (χ0) is 9.97. The number of hydrogen-bond acceptors (Lipinski definition) is 3. The summed E-state index contributed by atoms with van der Waals surface area (Å²) in [4.78, 5) is 4.28. The Labute approximate surface area is 83.3 Å². The Morgan fingerprint density at radius 3 is 2.93 bits per heavy atom. The first-order valence-electron chi connectivity index (χ1n) is 4.75. The van der Waals surface area contributed by atoms with Crippen LogP contribution in [0.15, 0.2) is 18.2 Å². The van der Waals surface area contributed by atoms with Gasteiger partial charge in [-0.05, 0) is 24.8 Å². The molecule has 1 aromatic rings. The molecule has 1 heterocycles. The summed E-state index contributed by atoms with van der Waals surface area (Å²) in [6, 6.07) is 7.89. The van der Waals surface area contributed by atoms with Crippen LogP contribution in [0.3, 0.4) is 0 Å². The van der Waals surface area contributed by atoms with Gasteiger partial charge in [-0.2, -0.15) is 5.26 Å². The highest BCUT2D eigenvalue weighted by Gasteiger charge is 2.33. The van der Waals surface area contributed by atoms with Crippen molar-refractivity contribution in [2.24, 2.45) is 5.92 Å². The molecule has 0 saturated heterocycles. The SMILES string of the molecule is COc1cccc(C(C#N)C2CC2)n1. The first-order chi connectivity index (χ1) is 6.85. The van der Waals surface area contributed by atoms with Crippen molar-refractivity contribution in [3.05, 3.63) is 23.9 Å². The van der Waals surface area contributed by atoms with E-state index in [0.29, 0.717) is 11.8 Å². The van der Waals surface area contributed by atoms with Crippen molar-refractivity contribution in [2.45, 2.75) is 18.8 Å². The predicted molar refractivity (Wildman–Crippen MR) is 51.9 cm³/mol. The molecular weight excluding hydrogens is 176 g/mol. The molecule has 0 bridgehead atoms. The Hall–Kier alpha value is -1.56. The molecule has 0 spiro atoms. The zero-order valence-electron chi connectivity index (χ0n) is 8.10. The lowest BCUT2D eigenvalue weighted by Crippen LogP contribution is -2.01. The van der Waals surface area contributed by atoms with Crippen LogP contribution in [0.5, 0.6) is 5.88 Å². The second-order valence-corrected chi connectivity index (χ2v) is 3.55. The molecule has 1 atom stereocenters.